The van der Waals surface area contributed by atoms with E-state index in [1.807, 2.05) is 0 Å². The van der Waals surface area contributed by atoms with Crippen LogP contribution in [0.5, 0.6) is 0 Å². The first-order valence-electron chi connectivity index (χ1n) is 2.31. The number of nitrogen functional groups attached to an aromatic ring is 1. The number of anilines is 1. The number of carbonyl (C=O) groups excluding carboxylic acids is 1. The van der Waals surface area contributed by atoms with Crippen molar-refractivity contribution >= 4 is 11.6 Å². The SMILES string of the molecule is CC(=O)c1nonc1N.O. The number of hydrogen-bond acceptors (Lipinski definition) is 5. The van der Waals surface area contributed by atoms with Gasteiger partial charge in [-0.2, -0.15) is 0 Å². The number of nitrogens with two attached hydrogens (primary N) is 1. The Balaban J connectivity index is 0.000000810. The van der Waals surface area contributed by atoms with Crippen LogP contribution in [0.4, 0.5) is 5.82 Å². The van der Waals surface area contributed by atoms with Gasteiger partial charge in [-0.05, 0) is 10.3 Å². The van der Waals surface area contributed by atoms with Gasteiger partial charge in [0, 0.05) is 6.92 Å². The average Bonchev–Trinajstić information content (AvgIpc) is 2.13. The van der Waals surface area contributed by atoms with Crippen LogP contribution in [0.2, 0.25) is 0 Å². The Kier molecular flexibility index (Phi) is 2.51. The van der Waals surface area contributed by atoms with E-state index in [1.165, 1.54) is 6.92 Å². The molecule has 0 saturated heterocycles. The van der Waals surface area contributed by atoms with E-state index in [1.54, 1.807) is 0 Å². The van der Waals surface area contributed by atoms with Gasteiger partial charge in [-0.1, -0.05) is 0 Å². The quantitative estimate of drug-likeness (QED) is 0.510. The summed E-state index contributed by atoms with van der Waals surface area (Å²) in [5, 5.41) is 6.46. The van der Waals surface area contributed by atoms with Gasteiger partial charge in [0.05, 0.1) is 0 Å². The third-order valence-electron chi connectivity index (χ3n) is 0.847. The van der Waals surface area contributed by atoms with Crippen molar-refractivity contribution in [3.8, 4) is 0 Å². The maximum absolute atomic E-state index is 10.5. The monoisotopic (exact) mass is 145 g/mol. The fourth-order valence-electron chi connectivity index (χ4n) is 0.440. The van der Waals surface area contributed by atoms with Crippen LogP contribution < -0.4 is 5.73 Å². The minimum atomic E-state index is -0.242. The van der Waals surface area contributed by atoms with Gasteiger partial charge in [0.25, 0.3) is 0 Å². The molecule has 0 unspecified atom stereocenters. The van der Waals surface area contributed by atoms with Crippen molar-refractivity contribution in [3.63, 3.8) is 0 Å². The summed E-state index contributed by atoms with van der Waals surface area (Å²) in [7, 11) is 0. The van der Waals surface area contributed by atoms with E-state index in [4.69, 9.17) is 5.73 Å². The fourth-order valence-corrected chi connectivity index (χ4v) is 0.440. The number of ketones is 1. The van der Waals surface area contributed by atoms with Gasteiger partial charge >= 0.3 is 0 Å². The van der Waals surface area contributed by atoms with Crippen molar-refractivity contribution in [2.75, 3.05) is 5.73 Å². The molecule has 1 heterocycles. The van der Waals surface area contributed by atoms with E-state index < -0.39 is 0 Å². The molecule has 0 atom stereocenters. The summed E-state index contributed by atoms with van der Waals surface area (Å²) in [6.07, 6.45) is 0. The van der Waals surface area contributed by atoms with E-state index in [2.05, 4.69) is 14.9 Å². The molecule has 0 aliphatic carbocycles. The number of aromatic nitrogens is 2. The van der Waals surface area contributed by atoms with Gasteiger partial charge in [0.2, 0.25) is 0 Å². The van der Waals surface area contributed by atoms with Crippen LogP contribution in [0, 0.1) is 0 Å². The minimum absolute atomic E-state index is 0. The van der Waals surface area contributed by atoms with Gasteiger partial charge < -0.3 is 11.2 Å². The minimum Gasteiger partial charge on any atom is -0.412 e. The second-order valence-electron chi connectivity index (χ2n) is 1.55. The van der Waals surface area contributed by atoms with Gasteiger partial charge in [0.15, 0.2) is 17.3 Å². The van der Waals surface area contributed by atoms with Gasteiger partial charge in [0.1, 0.15) is 0 Å². The molecule has 0 radical (unpaired) electrons. The Morgan fingerprint density at radius 1 is 1.60 bits per heavy atom. The second kappa shape index (κ2) is 2.92. The Bertz CT molecular complexity index is 231. The summed E-state index contributed by atoms with van der Waals surface area (Å²) >= 11 is 0. The van der Waals surface area contributed by atoms with Crippen LogP contribution >= 0.6 is 0 Å². The smallest absolute Gasteiger partial charge is 0.199 e. The zero-order valence-corrected chi connectivity index (χ0v) is 5.29. The lowest BCUT2D eigenvalue weighted by atomic mass is 10.3. The Morgan fingerprint density at radius 3 is 2.40 bits per heavy atom. The molecular weight excluding hydrogens is 138 g/mol. The molecule has 1 aromatic rings. The highest BCUT2D eigenvalue weighted by molar-refractivity contribution is 5.95. The fraction of sp³-hybridized carbons (Fsp3) is 0.250. The van der Waals surface area contributed by atoms with E-state index >= 15 is 0 Å². The molecule has 4 N–H and O–H groups in total. The second-order valence-corrected chi connectivity index (χ2v) is 1.55. The highest BCUT2D eigenvalue weighted by Crippen LogP contribution is 2.03. The molecule has 0 fully saturated rings. The maximum atomic E-state index is 10.5. The average molecular weight is 145 g/mol. The van der Waals surface area contributed by atoms with Crippen molar-refractivity contribution < 1.29 is 14.9 Å². The molecule has 6 nitrogen and oxygen atoms in total. The maximum Gasteiger partial charge on any atom is 0.199 e. The van der Waals surface area contributed by atoms with Gasteiger partial charge in [-0.3, -0.25) is 4.79 Å². The molecule has 1 aromatic heterocycles. The van der Waals surface area contributed by atoms with Crippen molar-refractivity contribution in [2.45, 2.75) is 6.92 Å². The molecule has 56 valence electrons. The molecule has 0 aromatic carbocycles. The first kappa shape index (κ1) is 8.57. The third-order valence-corrected chi connectivity index (χ3v) is 0.847. The number of hydrogen-bond donors (Lipinski definition) is 1. The largest absolute Gasteiger partial charge is 0.412 e. The standard InChI is InChI=1S/C4H5N3O2.H2O/c1-2(8)3-4(5)7-9-6-3;/h1H3,(H2,5,7);1H2. The van der Waals surface area contributed by atoms with Crippen molar-refractivity contribution in [2.24, 2.45) is 0 Å². The van der Waals surface area contributed by atoms with Crippen LogP contribution in [0.3, 0.4) is 0 Å². The van der Waals surface area contributed by atoms with Crippen LogP contribution in [0.15, 0.2) is 4.63 Å². The first-order chi connectivity index (χ1) is 4.22. The highest BCUT2D eigenvalue weighted by Gasteiger charge is 2.09. The van der Waals surface area contributed by atoms with E-state index in [9.17, 15) is 4.79 Å². The Morgan fingerprint density at radius 2 is 2.20 bits per heavy atom. The normalized spacial score (nSPS) is 8.50. The molecule has 0 amide bonds. The van der Waals surface area contributed by atoms with Gasteiger partial charge in [-0.25, -0.2) is 4.63 Å². The summed E-state index contributed by atoms with van der Waals surface area (Å²) in [6.45, 7) is 1.34. The van der Waals surface area contributed by atoms with Crippen LogP contribution in [0.1, 0.15) is 17.4 Å². The Labute approximate surface area is 56.3 Å². The van der Waals surface area contributed by atoms with E-state index in [0.29, 0.717) is 0 Å². The van der Waals surface area contributed by atoms with Crippen LogP contribution in [-0.4, -0.2) is 21.6 Å². The zero-order valence-electron chi connectivity index (χ0n) is 5.29. The number of nitrogens with zero attached hydrogens (tertiary/aromatic N) is 2. The lowest BCUT2D eigenvalue weighted by molar-refractivity contribution is 0.100. The van der Waals surface area contributed by atoms with Crippen molar-refractivity contribution in [3.05, 3.63) is 5.69 Å². The molecule has 0 bridgehead atoms. The lowest BCUT2D eigenvalue weighted by Crippen LogP contribution is -1.97. The summed E-state index contributed by atoms with van der Waals surface area (Å²) in [4.78, 5) is 10.5. The number of carbonyl (C=O) groups is 1. The van der Waals surface area contributed by atoms with Crippen molar-refractivity contribution in [1.29, 1.82) is 0 Å². The zero-order chi connectivity index (χ0) is 6.85. The molecule has 0 saturated carbocycles. The van der Waals surface area contributed by atoms with Crippen LogP contribution in [-0.2, 0) is 0 Å². The summed E-state index contributed by atoms with van der Waals surface area (Å²) in [6, 6.07) is 0. The predicted molar refractivity (Wildman–Crippen MR) is 32.3 cm³/mol. The van der Waals surface area contributed by atoms with Gasteiger partial charge in [-0.15, -0.1) is 0 Å². The molecular formula is C4H7N3O3. The lowest BCUT2D eigenvalue weighted by Gasteiger charge is -1.81. The van der Waals surface area contributed by atoms with E-state index in [0.717, 1.165) is 0 Å². The summed E-state index contributed by atoms with van der Waals surface area (Å²) < 4.78 is 4.16. The summed E-state index contributed by atoms with van der Waals surface area (Å²) in [5.74, 6) is -0.198. The molecule has 0 aliphatic heterocycles. The molecule has 0 spiro atoms. The molecule has 10 heavy (non-hydrogen) atoms. The topological polar surface area (TPSA) is 114 Å². The molecule has 6 heteroatoms. The third kappa shape index (κ3) is 1.29. The molecule has 0 aliphatic rings. The predicted octanol–water partition coefficient (Wildman–Crippen LogP) is -0.970. The van der Waals surface area contributed by atoms with E-state index in [-0.39, 0.29) is 22.8 Å². The summed E-state index contributed by atoms with van der Waals surface area (Å²) in [5.41, 5.74) is 5.25. The van der Waals surface area contributed by atoms with Crippen molar-refractivity contribution in [1.82, 2.24) is 10.3 Å². The molecule has 1 rings (SSSR count). The number of Topliss-reactive ketones (excluding diaryl/α,β-unsaturated/α-hetero) is 1. The highest BCUT2D eigenvalue weighted by atomic mass is 16.6. The Hall–Kier alpha value is -1.43. The van der Waals surface area contributed by atoms with Crippen LogP contribution in [0.25, 0.3) is 0 Å². The first-order valence-corrected chi connectivity index (χ1v) is 2.31. The number of rotatable bonds is 1.